The van der Waals surface area contributed by atoms with Gasteiger partial charge in [0.1, 0.15) is 0 Å². The van der Waals surface area contributed by atoms with E-state index in [1.807, 2.05) is 11.8 Å². The Kier molecular flexibility index (Phi) is 3.50. The van der Waals surface area contributed by atoms with E-state index in [9.17, 15) is 4.79 Å². The number of nitrogens with zero attached hydrogens (tertiary/aromatic N) is 2. The van der Waals surface area contributed by atoms with Crippen LogP contribution in [0.25, 0.3) is 0 Å². The molecule has 0 radical (unpaired) electrons. The second-order valence-corrected chi connectivity index (χ2v) is 5.32. The normalized spacial score (nSPS) is 15.3. The first kappa shape index (κ1) is 12.1. The average molecular weight is 235 g/mol. The van der Waals surface area contributed by atoms with Crippen molar-refractivity contribution >= 4 is 5.91 Å². The van der Waals surface area contributed by atoms with E-state index in [1.165, 1.54) is 0 Å². The Morgan fingerprint density at radius 1 is 1.59 bits per heavy atom. The number of aromatic amines is 1. The lowest BCUT2D eigenvalue weighted by atomic mass is 10.1. The molecule has 1 aliphatic carbocycles. The second-order valence-electron chi connectivity index (χ2n) is 5.32. The number of aryl methyl sites for hydroxylation is 1. The van der Waals surface area contributed by atoms with Crippen LogP contribution in [0.5, 0.6) is 0 Å². The van der Waals surface area contributed by atoms with Gasteiger partial charge in [0.25, 0.3) is 5.91 Å². The molecule has 1 aromatic heterocycles. The van der Waals surface area contributed by atoms with Gasteiger partial charge in [0.15, 0.2) is 0 Å². The Morgan fingerprint density at radius 2 is 2.29 bits per heavy atom. The fourth-order valence-electron chi connectivity index (χ4n) is 1.95. The summed E-state index contributed by atoms with van der Waals surface area (Å²) in [7, 11) is 0. The summed E-state index contributed by atoms with van der Waals surface area (Å²) in [6.07, 6.45) is 5.02. The zero-order chi connectivity index (χ0) is 12.4. The van der Waals surface area contributed by atoms with Crippen molar-refractivity contribution in [2.75, 3.05) is 6.54 Å². The molecule has 0 unspecified atom stereocenters. The molecule has 94 valence electrons. The van der Waals surface area contributed by atoms with E-state index in [0.29, 0.717) is 12.0 Å². The number of hydrogen-bond donors (Lipinski definition) is 1. The van der Waals surface area contributed by atoms with Gasteiger partial charge in [-0.05, 0) is 32.1 Å². The van der Waals surface area contributed by atoms with E-state index in [0.717, 1.165) is 37.1 Å². The highest BCUT2D eigenvalue weighted by Gasteiger charge is 2.33. The van der Waals surface area contributed by atoms with Crippen LogP contribution in [0.4, 0.5) is 0 Å². The summed E-state index contributed by atoms with van der Waals surface area (Å²) in [6.45, 7) is 7.15. The number of hydrogen-bond acceptors (Lipinski definition) is 2. The van der Waals surface area contributed by atoms with Crippen LogP contribution in [-0.4, -0.2) is 33.6 Å². The van der Waals surface area contributed by atoms with Crippen molar-refractivity contribution in [2.24, 2.45) is 5.92 Å². The summed E-state index contributed by atoms with van der Waals surface area (Å²) >= 11 is 0. The van der Waals surface area contributed by atoms with Crippen LogP contribution < -0.4 is 0 Å². The van der Waals surface area contributed by atoms with Gasteiger partial charge in [-0.25, -0.2) is 0 Å². The highest BCUT2D eigenvalue weighted by atomic mass is 16.2. The Morgan fingerprint density at radius 3 is 2.76 bits per heavy atom. The maximum atomic E-state index is 12.4. The van der Waals surface area contributed by atoms with Crippen molar-refractivity contribution in [3.8, 4) is 0 Å². The number of rotatable bonds is 5. The first-order valence-electron chi connectivity index (χ1n) is 6.40. The van der Waals surface area contributed by atoms with Gasteiger partial charge < -0.3 is 4.90 Å². The number of aromatic nitrogens is 2. The molecule has 0 aromatic carbocycles. The molecule has 1 aromatic rings. The minimum Gasteiger partial charge on any atom is -0.336 e. The highest BCUT2D eigenvalue weighted by molar-refractivity contribution is 5.95. The van der Waals surface area contributed by atoms with Crippen LogP contribution in [0.15, 0.2) is 6.20 Å². The predicted octanol–water partition coefficient (Wildman–Crippen LogP) is 2.37. The van der Waals surface area contributed by atoms with Crippen LogP contribution in [0.1, 0.15) is 49.2 Å². The first-order chi connectivity index (χ1) is 8.09. The summed E-state index contributed by atoms with van der Waals surface area (Å²) in [4.78, 5) is 14.4. The second kappa shape index (κ2) is 4.90. The molecule has 1 saturated carbocycles. The van der Waals surface area contributed by atoms with E-state index in [-0.39, 0.29) is 5.91 Å². The van der Waals surface area contributed by atoms with Crippen molar-refractivity contribution < 1.29 is 4.79 Å². The third-order valence-corrected chi connectivity index (χ3v) is 3.26. The molecule has 0 atom stereocenters. The monoisotopic (exact) mass is 235 g/mol. The number of carbonyl (C=O) groups excluding carboxylic acids is 1. The molecule has 0 aliphatic heterocycles. The van der Waals surface area contributed by atoms with E-state index in [4.69, 9.17) is 0 Å². The van der Waals surface area contributed by atoms with Crippen LogP contribution in [-0.2, 0) is 0 Å². The summed E-state index contributed by atoms with van der Waals surface area (Å²) < 4.78 is 0. The van der Waals surface area contributed by atoms with Gasteiger partial charge >= 0.3 is 0 Å². The fourth-order valence-corrected chi connectivity index (χ4v) is 1.95. The van der Waals surface area contributed by atoms with Gasteiger partial charge in [-0.3, -0.25) is 9.89 Å². The predicted molar refractivity (Wildman–Crippen MR) is 66.8 cm³/mol. The molecular formula is C13H21N3O. The third kappa shape index (κ3) is 2.87. The lowest BCUT2D eigenvalue weighted by Crippen LogP contribution is -2.34. The summed E-state index contributed by atoms with van der Waals surface area (Å²) in [5.74, 6) is 0.772. The van der Waals surface area contributed by atoms with Gasteiger partial charge in [0.05, 0.1) is 11.8 Å². The zero-order valence-electron chi connectivity index (χ0n) is 10.9. The smallest absolute Gasteiger partial charge is 0.257 e. The minimum atomic E-state index is 0.138. The zero-order valence-corrected chi connectivity index (χ0v) is 10.9. The van der Waals surface area contributed by atoms with Gasteiger partial charge in [-0.2, -0.15) is 5.10 Å². The molecule has 0 saturated heterocycles. The van der Waals surface area contributed by atoms with E-state index < -0.39 is 0 Å². The van der Waals surface area contributed by atoms with E-state index in [2.05, 4.69) is 24.0 Å². The number of nitrogens with one attached hydrogen (secondary N) is 1. The minimum absolute atomic E-state index is 0.138. The SMILES string of the molecule is Cc1[nH]ncc1C(=O)N(CCC(C)C)C1CC1. The fraction of sp³-hybridized carbons (Fsp3) is 0.692. The number of carbonyl (C=O) groups is 1. The molecule has 0 bridgehead atoms. The Bertz CT molecular complexity index is 393. The number of H-pyrrole nitrogens is 1. The molecule has 2 rings (SSSR count). The molecular weight excluding hydrogens is 214 g/mol. The quantitative estimate of drug-likeness (QED) is 0.851. The largest absolute Gasteiger partial charge is 0.336 e. The highest BCUT2D eigenvalue weighted by Crippen LogP contribution is 2.29. The molecule has 1 heterocycles. The van der Waals surface area contributed by atoms with Gasteiger partial charge in [-0.15, -0.1) is 0 Å². The molecule has 4 heteroatoms. The van der Waals surface area contributed by atoms with Crippen LogP contribution in [0, 0.1) is 12.8 Å². The molecule has 4 nitrogen and oxygen atoms in total. The van der Waals surface area contributed by atoms with Crippen LogP contribution >= 0.6 is 0 Å². The molecule has 1 amide bonds. The van der Waals surface area contributed by atoms with Gasteiger partial charge in [0, 0.05) is 18.3 Å². The van der Waals surface area contributed by atoms with Crippen molar-refractivity contribution in [1.82, 2.24) is 15.1 Å². The van der Waals surface area contributed by atoms with Gasteiger partial charge in [0.2, 0.25) is 0 Å². The molecule has 1 N–H and O–H groups in total. The van der Waals surface area contributed by atoms with Crippen molar-refractivity contribution in [3.05, 3.63) is 17.5 Å². The third-order valence-electron chi connectivity index (χ3n) is 3.26. The summed E-state index contributed by atoms with van der Waals surface area (Å²) in [5, 5.41) is 6.76. The lowest BCUT2D eigenvalue weighted by Gasteiger charge is -2.23. The Hall–Kier alpha value is -1.32. The Labute approximate surface area is 102 Å². The van der Waals surface area contributed by atoms with Crippen LogP contribution in [0.2, 0.25) is 0 Å². The van der Waals surface area contributed by atoms with E-state index in [1.54, 1.807) is 6.20 Å². The first-order valence-corrected chi connectivity index (χ1v) is 6.40. The number of amides is 1. The molecule has 17 heavy (non-hydrogen) atoms. The van der Waals surface area contributed by atoms with Crippen molar-refractivity contribution in [2.45, 2.75) is 46.1 Å². The lowest BCUT2D eigenvalue weighted by molar-refractivity contribution is 0.0735. The van der Waals surface area contributed by atoms with Crippen LogP contribution in [0.3, 0.4) is 0 Å². The standard InChI is InChI=1S/C13H21N3O/c1-9(2)6-7-16(11-4-5-11)13(17)12-8-14-15-10(12)3/h8-9,11H,4-7H2,1-3H3,(H,14,15). The van der Waals surface area contributed by atoms with Gasteiger partial charge in [-0.1, -0.05) is 13.8 Å². The summed E-state index contributed by atoms with van der Waals surface area (Å²) in [6, 6.07) is 0.468. The van der Waals surface area contributed by atoms with E-state index >= 15 is 0 Å². The topological polar surface area (TPSA) is 49.0 Å². The Balaban J connectivity index is 2.05. The van der Waals surface area contributed by atoms with Crippen molar-refractivity contribution in [1.29, 1.82) is 0 Å². The molecule has 1 fully saturated rings. The summed E-state index contributed by atoms with van der Waals surface area (Å²) in [5.41, 5.74) is 1.59. The maximum Gasteiger partial charge on any atom is 0.257 e. The maximum absolute atomic E-state index is 12.4. The van der Waals surface area contributed by atoms with Crippen molar-refractivity contribution in [3.63, 3.8) is 0 Å². The molecule has 1 aliphatic rings. The molecule has 0 spiro atoms. The average Bonchev–Trinajstić information content (AvgIpc) is 3.00.